The maximum Gasteiger partial charge on any atom is 0.231 e. The van der Waals surface area contributed by atoms with Crippen LogP contribution in [0.15, 0.2) is 143 Å². The van der Waals surface area contributed by atoms with Gasteiger partial charge in [0.1, 0.15) is 6.04 Å². The van der Waals surface area contributed by atoms with Gasteiger partial charge in [-0.3, -0.25) is 4.57 Å². The van der Waals surface area contributed by atoms with Crippen LogP contribution >= 0.6 is 0 Å². The number of aromatic nitrogens is 1. The zero-order chi connectivity index (χ0) is 27.7. The molecule has 1 aliphatic heterocycles. The molecule has 3 nitrogen and oxygen atoms in total. The van der Waals surface area contributed by atoms with Gasteiger partial charge in [0.15, 0.2) is 0 Å². The van der Waals surface area contributed by atoms with Gasteiger partial charge in [-0.15, -0.1) is 0 Å². The normalized spacial score (nSPS) is 17.3. The summed E-state index contributed by atoms with van der Waals surface area (Å²) in [4.78, 5) is 10.6. The molecule has 1 atom stereocenters. The summed E-state index contributed by atoms with van der Waals surface area (Å²) in [5.74, 6) is 0.685. The highest BCUT2D eigenvalue weighted by Crippen LogP contribution is 2.50. The van der Waals surface area contributed by atoms with Gasteiger partial charge in [0.2, 0.25) is 5.96 Å². The Bertz CT molecular complexity index is 2080. The van der Waals surface area contributed by atoms with Gasteiger partial charge >= 0.3 is 0 Å². The predicted molar refractivity (Wildman–Crippen MR) is 171 cm³/mol. The lowest BCUT2D eigenvalue weighted by molar-refractivity contribution is 0.661. The Kier molecular flexibility index (Phi) is 5.08. The first-order valence-corrected chi connectivity index (χ1v) is 14.2. The van der Waals surface area contributed by atoms with Crippen molar-refractivity contribution in [2.45, 2.75) is 25.3 Å². The van der Waals surface area contributed by atoms with Crippen LogP contribution < -0.4 is 0 Å². The van der Waals surface area contributed by atoms with Gasteiger partial charge in [0, 0.05) is 27.3 Å². The van der Waals surface area contributed by atoms with E-state index in [2.05, 4.69) is 134 Å². The molecule has 0 saturated carbocycles. The fraction of sp³-hybridized carbons (Fsp3) is 0.105. The molecule has 41 heavy (non-hydrogen) atoms. The van der Waals surface area contributed by atoms with E-state index in [0.717, 1.165) is 33.4 Å². The number of hydrogen-bond donors (Lipinski definition) is 0. The topological polar surface area (TPSA) is 29.6 Å². The van der Waals surface area contributed by atoms with Crippen LogP contribution in [0.3, 0.4) is 0 Å². The first kappa shape index (κ1) is 23.8. The molecule has 0 spiro atoms. The Hall–Kier alpha value is -5.02. The Labute approximate surface area is 239 Å². The van der Waals surface area contributed by atoms with Crippen molar-refractivity contribution < 1.29 is 0 Å². The number of aliphatic imine (C=N–C) groups is 2. The molecule has 0 bridgehead atoms. The quantitative estimate of drug-likeness (QED) is 0.215. The second kappa shape index (κ2) is 8.74. The summed E-state index contributed by atoms with van der Waals surface area (Å²) in [5, 5.41) is 2.42. The number of benzene rings is 5. The number of rotatable bonds is 2. The fourth-order valence-corrected chi connectivity index (χ4v) is 6.77. The van der Waals surface area contributed by atoms with E-state index in [1.807, 2.05) is 12.1 Å². The molecule has 2 aliphatic rings. The zero-order valence-corrected chi connectivity index (χ0v) is 23.2. The number of nitrogens with zero attached hydrogens (tertiary/aromatic N) is 3. The van der Waals surface area contributed by atoms with E-state index in [9.17, 15) is 0 Å². The molecule has 6 aromatic rings. The smallest absolute Gasteiger partial charge is 0.231 e. The summed E-state index contributed by atoms with van der Waals surface area (Å²) in [7, 11) is 0. The maximum atomic E-state index is 5.31. The summed E-state index contributed by atoms with van der Waals surface area (Å²) in [5.41, 5.74) is 11.4. The highest BCUT2D eigenvalue weighted by Gasteiger charge is 2.36. The monoisotopic (exact) mass is 527 g/mol. The van der Waals surface area contributed by atoms with Crippen molar-refractivity contribution in [1.29, 1.82) is 0 Å². The van der Waals surface area contributed by atoms with Crippen molar-refractivity contribution in [1.82, 2.24) is 4.57 Å². The van der Waals surface area contributed by atoms with Crippen LogP contribution in [0.1, 0.15) is 42.1 Å². The SMILES string of the molecule is C=C1C(c2ccccc2)=NC(n2c3ccccc3c3cc4c(cc32)C(C)(C)c2ccccc2-4)=NC1c1ccccc1. The Morgan fingerprint density at radius 3 is 2.15 bits per heavy atom. The molecule has 3 heteroatoms. The predicted octanol–water partition coefficient (Wildman–Crippen LogP) is 9.11. The molecule has 0 fully saturated rings. The number of para-hydroxylation sites is 1. The van der Waals surface area contributed by atoms with E-state index < -0.39 is 0 Å². The largest absolute Gasteiger partial charge is 0.278 e. The molecule has 0 saturated heterocycles. The molecule has 1 aromatic heterocycles. The van der Waals surface area contributed by atoms with Gasteiger partial charge in [0.25, 0.3) is 0 Å². The van der Waals surface area contributed by atoms with E-state index in [-0.39, 0.29) is 11.5 Å². The average Bonchev–Trinajstić information content (AvgIpc) is 3.46. The highest BCUT2D eigenvalue weighted by atomic mass is 15.2. The molecular formula is C38H29N3. The van der Waals surface area contributed by atoms with E-state index >= 15 is 0 Å². The minimum Gasteiger partial charge on any atom is -0.278 e. The number of fused-ring (bicyclic) bond motifs is 6. The molecule has 196 valence electrons. The van der Waals surface area contributed by atoms with Crippen LogP contribution in [0.5, 0.6) is 0 Å². The Morgan fingerprint density at radius 2 is 1.34 bits per heavy atom. The molecule has 2 heterocycles. The lowest BCUT2D eigenvalue weighted by Gasteiger charge is -2.25. The summed E-state index contributed by atoms with van der Waals surface area (Å²) in [6, 6.07) is 42.7. The van der Waals surface area contributed by atoms with Crippen LogP contribution in [0, 0.1) is 0 Å². The second-order valence-corrected chi connectivity index (χ2v) is 11.5. The molecule has 0 radical (unpaired) electrons. The van der Waals surface area contributed by atoms with Gasteiger partial charge in [-0.1, -0.05) is 124 Å². The van der Waals surface area contributed by atoms with Crippen LogP contribution in [-0.2, 0) is 5.41 Å². The zero-order valence-electron chi connectivity index (χ0n) is 23.2. The van der Waals surface area contributed by atoms with Gasteiger partial charge in [-0.2, -0.15) is 0 Å². The lowest BCUT2D eigenvalue weighted by atomic mass is 9.82. The van der Waals surface area contributed by atoms with Gasteiger partial charge in [0.05, 0.1) is 16.7 Å². The molecule has 1 aliphatic carbocycles. The third-order valence-electron chi connectivity index (χ3n) is 8.83. The fourth-order valence-electron chi connectivity index (χ4n) is 6.77. The van der Waals surface area contributed by atoms with Crippen LogP contribution in [-0.4, -0.2) is 16.2 Å². The summed E-state index contributed by atoms with van der Waals surface area (Å²) in [6.45, 7) is 9.17. The maximum absolute atomic E-state index is 5.31. The van der Waals surface area contributed by atoms with Crippen LogP contribution in [0.25, 0.3) is 32.9 Å². The first-order valence-electron chi connectivity index (χ1n) is 14.2. The van der Waals surface area contributed by atoms with E-state index in [1.54, 1.807) is 0 Å². The van der Waals surface area contributed by atoms with E-state index in [1.165, 1.54) is 33.0 Å². The Balaban J connectivity index is 1.44. The summed E-state index contributed by atoms with van der Waals surface area (Å²) < 4.78 is 2.26. The van der Waals surface area contributed by atoms with Crippen molar-refractivity contribution in [3.63, 3.8) is 0 Å². The standard InChI is InChI=1S/C38H29N3/c1-24-35(25-14-6-4-7-15-25)39-37(40-36(24)26-16-8-5-9-17-26)41-33-21-13-11-19-28(33)30-22-29-27-18-10-12-20-31(27)38(2,3)32(29)23-34(30)41/h4-23,35H,1H2,2-3H3. The van der Waals surface area contributed by atoms with Gasteiger partial charge < -0.3 is 0 Å². The third kappa shape index (κ3) is 3.45. The highest BCUT2D eigenvalue weighted by molar-refractivity contribution is 6.22. The molecule has 0 amide bonds. The second-order valence-electron chi connectivity index (χ2n) is 11.5. The summed E-state index contributed by atoms with van der Waals surface area (Å²) >= 11 is 0. The molecule has 0 N–H and O–H groups in total. The van der Waals surface area contributed by atoms with Crippen LogP contribution in [0.2, 0.25) is 0 Å². The van der Waals surface area contributed by atoms with Gasteiger partial charge in [-0.25, -0.2) is 9.98 Å². The third-order valence-corrected chi connectivity index (χ3v) is 8.83. The van der Waals surface area contributed by atoms with Crippen LogP contribution in [0.4, 0.5) is 0 Å². The van der Waals surface area contributed by atoms with Crippen molar-refractivity contribution in [3.05, 3.63) is 156 Å². The number of hydrogen-bond acceptors (Lipinski definition) is 2. The lowest BCUT2D eigenvalue weighted by Crippen LogP contribution is -2.23. The minimum absolute atomic E-state index is 0.102. The van der Waals surface area contributed by atoms with Crippen molar-refractivity contribution in [2.75, 3.05) is 0 Å². The average molecular weight is 528 g/mol. The first-order chi connectivity index (χ1) is 20.0. The molecule has 1 unspecified atom stereocenters. The minimum atomic E-state index is -0.231. The molecular weight excluding hydrogens is 498 g/mol. The van der Waals surface area contributed by atoms with Crippen molar-refractivity contribution in [2.24, 2.45) is 9.98 Å². The van der Waals surface area contributed by atoms with Crippen molar-refractivity contribution in [3.8, 4) is 11.1 Å². The van der Waals surface area contributed by atoms with Crippen molar-refractivity contribution >= 4 is 33.5 Å². The van der Waals surface area contributed by atoms with E-state index in [4.69, 9.17) is 9.98 Å². The molecule has 5 aromatic carbocycles. The Morgan fingerprint density at radius 1 is 0.659 bits per heavy atom. The van der Waals surface area contributed by atoms with E-state index in [0.29, 0.717) is 5.96 Å². The molecule has 8 rings (SSSR count). The summed E-state index contributed by atoms with van der Waals surface area (Å²) in [6.07, 6.45) is 0. The van der Waals surface area contributed by atoms with Gasteiger partial charge in [-0.05, 0) is 46.0 Å².